The van der Waals surface area contributed by atoms with E-state index in [0.29, 0.717) is 0 Å². The predicted molar refractivity (Wildman–Crippen MR) is 52.3 cm³/mol. The molecule has 10 heavy (non-hydrogen) atoms. The first-order valence-electron chi connectivity index (χ1n) is 3.97. The zero-order valence-electron chi connectivity index (χ0n) is 7.28. The topological polar surface area (TPSA) is 0 Å². The fraction of sp³-hybridized carbons (Fsp3) is 0.800. The zero-order chi connectivity index (χ0) is 7.70. The lowest BCUT2D eigenvalue weighted by molar-refractivity contribution is 0.607. The van der Waals surface area contributed by atoms with Crippen LogP contribution in [0.2, 0.25) is 0 Å². The normalized spacial score (nSPS) is 7.30. The van der Waals surface area contributed by atoms with E-state index >= 15 is 0 Å². The second-order valence-corrected chi connectivity index (χ2v) is 1.81. The fourth-order valence-corrected chi connectivity index (χ4v) is 0.622. The van der Waals surface area contributed by atoms with Gasteiger partial charge in [0, 0.05) is 0 Å². The van der Waals surface area contributed by atoms with Crippen LogP contribution >= 0.6 is 0 Å². The lowest BCUT2D eigenvalue weighted by Gasteiger charge is -2.01. The van der Waals surface area contributed by atoms with Crippen molar-refractivity contribution in [2.24, 2.45) is 5.92 Å². The molecular weight excluding hydrogens is 120 g/mol. The molecule has 0 unspecified atom stereocenters. The highest BCUT2D eigenvalue weighted by atomic mass is 14.0. The highest BCUT2D eigenvalue weighted by molar-refractivity contribution is 4.75. The molecule has 0 atom stereocenters. The van der Waals surface area contributed by atoms with Crippen molar-refractivity contribution in [2.45, 2.75) is 48.0 Å². The first kappa shape index (κ1) is 16.4. The monoisotopic (exact) mass is 144 g/mol. The molecule has 0 heterocycles. The van der Waals surface area contributed by atoms with E-state index < -0.39 is 0 Å². The van der Waals surface area contributed by atoms with Gasteiger partial charge in [0.05, 0.1) is 0 Å². The smallest absolute Gasteiger partial charge is 0.0241 e. The minimum absolute atomic E-state index is 0. The summed E-state index contributed by atoms with van der Waals surface area (Å²) in [6.07, 6.45) is 4.50. The maximum Gasteiger partial charge on any atom is -0.0241 e. The largest absolute Gasteiger partial charge is 0.103 e. The minimum Gasteiger partial charge on any atom is -0.103 e. The summed E-state index contributed by atoms with van der Waals surface area (Å²) in [5.74, 6) is 0.750. The van der Waals surface area contributed by atoms with Crippen molar-refractivity contribution in [3.05, 3.63) is 12.7 Å². The Bertz CT molecular complexity index is 42.0. The summed E-state index contributed by atoms with van der Waals surface area (Å²) < 4.78 is 0. The van der Waals surface area contributed by atoms with Gasteiger partial charge >= 0.3 is 0 Å². The van der Waals surface area contributed by atoms with Crippen LogP contribution in [-0.2, 0) is 0 Å². The van der Waals surface area contributed by atoms with Crippen LogP contribution in [0.25, 0.3) is 0 Å². The van der Waals surface area contributed by atoms with Gasteiger partial charge in [0.15, 0.2) is 0 Å². The first-order chi connectivity index (χ1) is 4.35. The number of hydrogen-bond acceptors (Lipinski definition) is 0. The standard InChI is InChI=1S/C7H14.C2H6.CH4/c1-4-7(5-2)6-3;1-2;/h4,7H,1,5-6H2,2-3H3;1-2H3;1H4. The van der Waals surface area contributed by atoms with E-state index in [1.165, 1.54) is 12.8 Å². The van der Waals surface area contributed by atoms with E-state index in [2.05, 4.69) is 20.4 Å². The summed E-state index contributed by atoms with van der Waals surface area (Å²) in [6.45, 7) is 12.1. The van der Waals surface area contributed by atoms with Crippen molar-refractivity contribution < 1.29 is 0 Å². The third-order valence-electron chi connectivity index (χ3n) is 1.38. The fourth-order valence-electron chi connectivity index (χ4n) is 0.622. The first-order valence-corrected chi connectivity index (χ1v) is 3.97. The zero-order valence-corrected chi connectivity index (χ0v) is 7.28. The molecule has 0 saturated carbocycles. The van der Waals surface area contributed by atoms with Gasteiger partial charge in [-0.1, -0.05) is 41.2 Å². The highest BCUT2D eigenvalue weighted by Gasteiger charge is 1.92. The molecular formula is C10H24. The third kappa shape index (κ3) is 10.7. The molecule has 64 valence electrons. The quantitative estimate of drug-likeness (QED) is 0.519. The van der Waals surface area contributed by atoms with Gasteiger partial charge in [0.25, 0.3) is 0 Å². The Balaban J connectivity index is -0.000000149. The molecule has 0 saturated heterocycles. The molecule has 0 nitrogen and oxygen atoms in total. The molecule has 0 amide bonds. The van der Waals surface area contributed by atoms with Crippen molar-refractivity contribution in [2.75, 3.05) is 0 Å². The summed E-state index contributed by atoms with van der Waals surface area (Å²) >= 11 is 0. The van der Waals surface area contributed by atoms with Gasteiger partial charge in [-0.05, 0) is 18.8 Å². The molecule has 0 rings (SSSR count). The molecule has 0 aliphatic carbocycles. The number of hydrogen-bond donors (Lipinski definition) is 0. The summed E-state index contributed by atoms with van der Waals surface area (Å²) in [5.41, 5.74) is 0. The molecule has 0 aromatic heterocycles. The second kappa shape index (κ2) is 15.9. The van der Waals surface area contributed by atoms with Gasteiger partial charge in [0.1, 0.15) is 0 Å². The van der Waals surface area contributed by atoms with Crippen molar-refractivity contribution in [1.82, 2.24) is 0 Å². The van der Waals surface area contributed by atoms with Gasteiger partial charge in [-0.3, -0.25) is 0 Å². The van der Waals surface area contributed by atoms with Gasteiger partial charge < -0.3 is 0 Å². The minimum atomic E-state index is 0. The third-order valence-corrected chi connectivity index (χ3v) is 1.38. The summed E-state index contributed by atoms with van der Waals surface area (Å²) in [7, 11) is 0. The Morgan fingerprint density at radius 1 is 1.20 bits per heavy atom. The van der Waals surface area contributed by atoms with Crippen LogP contribution in [0.3, 0.4) is 0 Å². The highest BCUT2D eigenvalue weighted by Crippen LogP contribution is 2.06. The van der Waals surface area contributed by atoms with Crippen molar-refractivity contribution in [3.63, 3.8) is 0 Å². The Kier molecular flexibility index (Phi) is 26.0. The molecule has 0 bridgehead atoms. The molecule has 0 N–H and O–H groups in total. The van der Waals surface area contributed by atoms with Gasteiger partial charge in [0.2, 0.25) is 0 Å². The lowest BCUT2D eigenvalue weighted by atomic mass is 10.0. The van der Waals surface area contributed by atoms with Crippen molar-refractivity contribution in [3.8, 4) is 0 Å². The van der Waals surface area contributed by atoms with E-state index in [0.717, 1.165) is 5.92 Å². The Labute approximate surface area is 67.3 Å². The van der Waals surface area contributed by atoms with Crippen LogP contribution < -0.4 is 0 Å². The summed E-state index contributed by atoms with van der Waals surface area (Å²) in [5, 5.41) is 0. The van der Waals surface area contributed by atoms with Crippen LogP contribution in [0.5, 0.6) is 0 Å². The molecule has 0 aliphatic rings. The van der Waals surface area contributed by atoms with E-state index in [4.69, 9.17) is 0 Å². The summed E-state index contributed by atoms with van der Waals surface area (Å²) in [6, 6.07) is 0. The van der Waals surface area contributed by atoms with Crippen LogP contribution in [-0.4, -0.2) is 0 Å². The van der Waals surface area contributed by atoms with Crippen LogP contribution in [0, 0.1) is 5.92 Å². The SMILES string of the molecule is C.C=CC(CC)CC.CC. The molecule has 0 aromatic carbocycles. The van der Waals surface area contributed by atoms with E-state index in [1.807, 2.05) is 19.9 Å². The van der Waals surface area contributed by atoms with Crippen molar-refractivity contribution >= 4 is 0 Å². The average molecular weight is 144 g/mol. The maximum atomic E-state index is 3.70. The van der Waals surface area contributed by atoms with Gasteiger partial charge in [-0.15, -0.1) is 6.58 Å². The van der Waals surface area contributed by atoms with Crippen LogP contribution in [0.15, 0.2) is 12.7 Å². The molecule has 0 spiro atoms. The van der Waals surface area contributed by atoms with Gasteiger partial charge in [-0.25, -0.2) is 0 Å². The number of allylic oxidation sites excluding steroid dienone is 1. The molecule has 0 fully saturated rings. The van der Waals surface area contributed by atoms with Gasteiger partial charge in [-0.2, -0.15) is 0 Å². The second-order valence-electron chi connectivity index (χ2n) is 1.81. The Hall–Kier alpha value is -0.260. The number of rotatable bonds is 3. The Morgan fingerprint density at radius 3 is 1.50 bits per heavy atom. The van der Waals surface area contributed by atoms with E-state index in [-0.39, 0.29) is 7.43 Å². The maximum absolute atomic E-state index is 3.70. The van der Waals surface area contributed by atoms with Crippen LogP contribution in [0.1, 0.15) is 48.0 Å². The summed E-state index contributed by atoms with van der Waals surface area (Å²) in [4.78, 5) is 0. The predicted octanol–water partition coefficient (Wildman–Crippen LogP) is 4.27. The average Bonchev–Trinajstić information content (AvgIpc) is 1.96. The van der Waals surface area contributed by atoms with Crippen molar-refractivity contribution in [1.29, 1.82) is 0 Å². The Morgan fingerprint density at radius 2 is 1.50 bits per heavy atom. The molecule has 0 heteroatoms. The molecule has 0 aromatic rings. The molecule has 0 aliphatic heterocycles. The molecule has 0 radical (unpaired) electrons. The van der Waals surface area contributed by atoms with E-state index in [9.17, 15) is 0 Å². The van der Waals surface area contributed by atoms with E-state index in [1.54, 1.807) is 0 Å². The van der Waals surface area contributed by atoms with Crippen LogP contribution in [0.4, 0.5) is 0 Å². The lowest BCUT2D eigenvalue weighted by Crippen LogP contribution is -1.87.